The van der Waals surface area contributed by atoms with Gasteiger partial charge in [0.2, 0.25) is 0 Å². The summed E-state index contributed by atoms with van der Waals surface area (Å²) in [6.07, 6.45) is 3.65. The zero-order valence-corrected chi connectivity index (χ0v) is 9.43. The van der Waals surface area contributed by atoms with Crippen LogP contribution in [0.15, 0.2) is 17.6 Å². The minimum Gasteiger partial charge on any atom is -0.329 e. The molecule has 0 aliphatic rings. The molecule has 1 N–H and O–H groups in total. The number of thioether (sulfide) groups is 1. The van der Waals surface area contributed by atoms with E-state index in [1.165, 1.54) is 0 Å². The van der Waals surface area contributed by atoms with E-state index in [1.54, 1.807) is 25.0 Å². The van der Waals surface area contributed by atoms with Gasteiger partial charge in [-0.2, -0.15) is 5.26 Å². The Hall–Kier alpha value is -0.990. The highest BCUT2D eigenvalue weighted by Gasteiger charge is 2.21. The number of rotatable bonds is 4. The maximum absolute atomic E-state index is 8.93. The summed E-state index contributed by atoms with van der Waals surface area (Å²) in [5.41, 5.74) is -0.489. The van der Waals surface area contributed by atoms with Gasteiger partial charge in [0.25, 0.3) is 0 Å². The van der Waals surface area contributed by atoms with Gasteiger partial charge in [0, 0.05) is 25.2 Å². The molecule has 0 bridgehead atoms. The molecule has 0 fully saturated rings. The van der Waals surface area contributed by atoms with Crippen molar-refractivity contribution in [2.24, 2.45) is 7.05 Å². The van der Waals surface area contributed by atoms with Crippen LogP contribution in [0.3, 0.4) is 0 Å². The van der Waals surface area contributed by atoms with Crippen LogP contribution in [0.1, 0.15) is 6.92 Å². The first-order chi connectivity index (χ1) is 6.61. The van der Waals surface area contributed by atoms with Crippen molar-refractivity contribution in [3.63, 3.8) is 0 Å². The topological polar surface area (TPSA) is 53.6 Å². The van der Waals surface area contributed by atoms with Crippen LogP contribution < -0.4 is 5.32 Å². The number of hydrogen-bond acceptors (Lipinski definition) is 4. The third-order valence-electron chi connectivity index (χ3n) is 2.07. The van der Waals surface area contributed by atoms with Crippen molar-refractivity contribution in [3.05, 3.63) is 12.4 Å². The Morgan fingerprint density at radius 3 is 2.93 bits per heavy atom. The number of imidazole rings is 1. The predicted octanol–water partition coefficient (Wildman–Crippen LogP) is 1.01. The van der Waals surface area contributed by atoms with Gasteiger partial charge in [-0.3, -0.25) is 0 Å². The molecular formula is C9H14N4S. The summed E-state index contributed by atoms with van der Waals surface area (Å²) in [4.78, 5) is 4.18. The average Bonchev–Trinajstić information content (AvgIpc) is 2.61. The molecule has 4 nitrogen and oxygen atoms in total. The Morgan fingerprint density at radius 2 is 2.50 bits per heavy atom. The molecule has 0 aromatic carbocycles. The molecule has 0 radical (unpaired) electrons. The molecule has 0 aliphatic carbocycles. The van der Waals surface area contributed by atoms with Crippen molar-refractivity contribution in [1.29, 1.82) is 5.26 Å². The molecule has 76 valence electrons. The average molecular weight is 210 g/mol. The van der Waals surface area contributed by atoms with E-state index in [0.29, 0.717) is 5.75 Å². The quantitative estimate of drug-likeness (QED) is 0.754. The maximum atomic E-state index is 8.93. The molecule has 1 heterocycles. The third-order valence-corrected chi connectivity index (χ3v) is 3.44. The SMILES string of the molecule is CNC(C)(C#N)CSc1nccn1C. The summed E-state index contributed by atoms with van der Waals surface area (Å²) < 4.78 is 1.94. The van der Waals surface area contributed by atoms with E-state index in [2.05, 4.69) is 16.4 Å². The first kappa shape index (κ1) is 11.1. The second kappa shape index (κ2) is 4.49. The van der Waals surface area contributed by atoms with Gasteiger partial charge in [0.05, 0.1) is 6.07 Å². The first-order valence-corrected chi connectivity index (χ1v) is 5.30. The van der Waals surface area contributed by atoms with Gasteiger partial charge in [0.15, 0.2) is 5.16 Å². The molecule has 1 rings (SSSR count). The normalized spacial score (nSPS) is 14.7. The third kappa shape index (κ3) is 2.50. The van der Waals surface area contributed by atoms with Crippen molar-refractivity contribution in [2.75, 3.05) is 12.8 Å². The van der Waals surface area contributed by atoms with E-state index in [9.17, 15) is 0 Å². The minimum atomic E-state index is -0.489. The Balaban J connectivity index is 2.57. The second-order valence-corrected chi connectivity index (χ2v) is 4.25. The van der Waals surface area contributed by atoms with Crippen LogP contribution in [-0.4, -0.2) is 27.9 Å². The zero-order valence-electron chi connectivity index (χ0n) is 8.61. The van der Waals surface area contributed by atoms with E-state index in [-0.39, 0.29) is 0 Å². The van der Waals surface area contributed by atoms with Gasteiger partial charge in [-0.15, -0.1) is 0 Å². The van der Waals surface area contributed by atoms with Gasteiger partial charge in [-0.25, -0.2) is 4.98 Å². The van der Waals surface area contributed by atoms with Crippen molar-refractivity contribution in [1.82, 2.24) is 14.9 Å². The summed E-state index contributed by atoms with van der Waals surface area (Å²) in [6, 6.07) is 2.24. The van der Waals surface area contributed by atoms with Gasteiger partial charge in [-0.1, -0.05) is 11.8 Å². The fourth-order valence-corrected chi connectivity index (χ4v) is 1.89. The van der Waals surface area contributed by atoms with Crippen LogP contribution in [0.5, 0.6) is 0 Å². The summed E-state index contributed by atoms with van der Waals surface area (Å²) in [6.45, 7) is 1.88. The molecule has 0 saturated carbocycles. The Kier molecular flexibility index (Phi) is 3.55. The number of nitriles is 1. The van der Waals surface area contributed by atoms with Crippen LogP contribution in [0.2, 0.25) is 0 Å². The van der Waals surface area contributed by atoms with Gasteiger partial charge in [0.1, 0.15) is 5.54 Å². The smallest absolute Gasteiger partial charge is 0.167 e. The lowest BCUT2D eigenvalue weighted by Crippen LogP contribution is -2.40. The fraction of sp³-hybridized carbons (Fsp3) is 0.556. The summed E-state index contributed by atoms with van der Waals surface area (Å²) in [5, 5.41) is 12.9. The van der Waals surface area contributed by atoms with E-state index >= 15 is 0 Å². The molecule has 5 heteroatoms. The predicted molar refractivity (Wildman–Crippen MR) is 57.0 cm³/mol. The van der Waals surface area contributed by atoms with Crippen molar-refractivity contribution < 1.29 is 0 Å². The van der Waals surface area contributed by atoms with Crippen LogP contribution in [0.25, 0.3) is 0 Å². The second-order valence-electron chi connectivity index (χ2n) is 3.30. The van der Waals surface area contributed by atoms with Gasteiger partial charge in [-0.05, 0) is 14.0 Å². The van der Waals surface area contributed by atoms with Crippen LogP contribution in [0.4, 0.5) is 0 Å². The summed E-state index contributed by atoms with van der Waals surface area (Å²) in [7, 11) is 3.74. The molecule has 0 saturated heterocycles. The lowest BCUT2D eigenvalue weighted by atomic mass is 10.1. The highest BCUT2D eigenvalue weighted by atomic mass is 32.2. The number of nitrogens with one attached hydrogen (secondary N) is 1. The molecular weight excluding hydrogens is 196 g/mol. The van der Waals surface area contributed by atoms with E-state index in [4.69, 9.17) is 5.26 Å². The van der Waals surface area contributed by atoms with Crippen LogP contribution >= 0.6 is 11.8 Å². The fourth-order valence-electron chi connectivity index (χ4n) is 0.860. The lowest BCUT2D eigenvalue weighted by molar-refractivity contribution is 0.549. The van der Waals surface area contributed by atoms with Gasteiger partial charge >= 0.3 is 0 Å². The number of aryl methyl sites for hydroxylation is 1. The molecule has 1 aromatic heterocycles. The van der Waals surface area contributed by atoms with E-state index < -0.39 is 5.54 Å². The molecule has 0 spiro atoms. The van der Waals surface area contributed by atoms with Crippen molar-refractivity contribution in [3.8, 4) is 6.07 Å². The number of nitrogens with zero attached hydrogens (tertiary/aromatic N) is 3. The standard InChI is InChI=1S/C9H14N4S/c1-9(6-10,11-2)7-14-8-12-4-5-13(8)3/h4-5,11H,7H2,1-3H3. The monoisotopic (exact) mass is 210 g/mol. The maximum Gasteiger partial charge on any atom is 0.167 e. The number of hydrogen-bond donors (Lipinski definition) is 1. The van der Waals surface area contributed by atoms with Gasteiger partial charge < -0.3 is 9.88 Å². The highest BCUT2D eigenvalue weighted by Crippen LogP contribution is 2.19. The Bertz CT molecular complexity index is 341. The molecule has 1 unspecified atom stereocenters. The minimum absolute atomic E-state index is 0.489. The Labute approximate surface area is 88.3 Å². The summed E-state index contributed by atoms with van der Waals surface area (Å²) >= 11 is 1.58. The molecule has 1 aromatic rings. The molecule has 0 aliphatic heterocycles. The molecule has 0 amide bonds. The molecule has 1 atom stereocenters. The molecule has 14 heavy (non-hydrogen) atoms. The largest absolute Gasteiger partial charge is 0.329 e. The van der Waals surface area contributed by atoms with Crippen LogP contribution in [0, 0.1) is 11.3 Å². The zero-order chi connectivity index (χ0) is 10.6. The number of aromatic nitrogens is 2. The lowest BCUT2D eigenvalue weighted by Gasteiger charge is -2.19. The van der Waals surface area contributed by atoms with E-state index in [1.807, 2.05) is 24.7 Å². The van der Waals surface area contributed by atoms with E-state index in [0.717, 1.165) is 5.16 Å². The van der Waals surface area contributed by atoms with Crippen molar-refractivity contribution >= 4 is 11.8 Å². The Morgan fingerprint density at radius 1 is 1.79 bits per heavy atom. The summed E-state index contributed by atoms with van der Waals surface area (Å²) in [5.74, 6) is 0.685. The highest BCUT2D eigenvalue weighted by molar-refractivity contribution is 7.99. The van der Waals surface area contributed by atoms with Crippen LogP contribution in [-0.2, 0) is 7.05 Å². The van der Waals surface area contributed by atoms with Crippen molar-refractivity contribution in [2.45, 2.75) is 17.6 Å². The first-order valence-electron chi connectivity index (χ1n) is 4.31.